The van der Waals surface area contributed by atoms with E-state index in [2.05, 4.69) is 5.10 Å². The number of aromatic nitrogens is 2. The first kappa shape index (κ1) is 18.9. The number of nitro groups is 1. The summed E-state index contributed by atoms with van der Waals surface area (Å²) in [5.41, 5.74) is -0.350. The fourth-order valence-corrected chi connectivity index (χ4v) is 2.65. The third-order valence-corrected chi connectivity index (χ3v) is 3.85. The Morgan fingerprint density at radius 2 is 2.16 bits per heavy atom. The van der Waals surface area contributed by atoms with Gasteiger partial charge in [-0.1, -0.05) is 13.3 Å². The van der Waals surface area contributed by atoms with E-state index < -0.39 is 30.0 Å². The molecule has 1 aromatic heterocycles. The predicted octanol–water partition coefficient (Wildman–Crippen LogP) is 2.02. The molecule has 0 aliphatic carbocycles. The van der Waals surface area contributed by atoms with Gasteiger partial charge in [0.1, 0.15) is 6.20 Å². The third-order valence-electron chi connectivity index (χ3n) is 3.85. The number of halogens is 2. The molecule has 0 atom stereocenters. The lowest BCUT2D eigenvalue weighted by molar-refractivity contribution is -0.384. The van der Waals surface area contributed by atoms with Crippen molar-refractivity contribution in [1.29, 1.82) is 0 Å². The van der Waals surface area contributed by atoms with E-state index in [-0.39, 0.29) is 31.2 Å². The molecule has 0 saturated carbocycles. The molecule has 0 N–H and O–H groups in total. The molecule has 1 aliphatic heterocycles. The molecule has 0 radical (unpaired) electrons. The molecule has 25 heavy (non-hydrogen) atoms. The topological polar surface area (TPSA) is 93.7 Å². The number of hydrogen-bond acceptors (Lipinski definition) is 6. The molecule has 0 unspecified atom stereocenters. The first-order valence-corrected chi connectivity index (χ1v) is 7.96. The lowest BCUT2D eigenvalue weighted by Gasteiger charge is -2.24. The number of unbranched alkanes of at least 4 members (excludes halogenated alkanes) is 1. The molecule has 0 spiro atoms. The highest BCUT2D eigenvalue weighted by Crippen LogP contribution is 2.31. The number of carbonyl (C=O) groups is 1. The van der Waals surface area contributed by atoms with Gasteiger partial charge in [0.15, 0.2) is 0 Å². The van der Waals surface area contributed by atoms with E-state index in [0.29, 0.717) is 6.42 Å². The van der Waals surface area contributed by atoms with Gasteiger partial charge in [-0.2, -0.15) is 5.10 Å². The van der Waals surface area contributed by atoms with E-state index in [4.69, 9.17) is 4.74 Å². The number of ether oxygens (including phenoxy) is 1. The maximum Gasteiger partial charge on any atom is 0.410 e. The molecule has 2 heterocycles. The van der Waals surface area contributed by atoms with Gasteiger partial charge in [0.2, 0.25) is 5.82 Å². The second kappa shape index (κ2) is 7.62. The van der Waals surface area contributed by atoms with Crippen LogP contribution in [0.25, 0.3) is 0 Å². The number of amides is 1. The number of rotatable bonds is 5. The minimum atomic E-state index is -3.24. The maximum atomic E-state index is 14.3. The monoisotopic (exact) mass is 361 g/mol. The van der Waals surface area contributed by atoms with Crippen molar-refractivity contribution in [2.45, 2.75) is 25.7 Å². The summed E-state index contributed by atoms with van der Waals surface area (Å²) in [5, 5.41) is 14.9. The molecule has 1 amide bonds. The standard InChI is InChI=1S/C14H21F2N5O4/c1-3-4-7-25-13(22)20-6-5-19(9-14(15,16)10-20)12-11(21(23)24)8-17-18(12)2/h8H,3-7,9-10H2,1-2H3. The quantitative estimate of drug-likeness (QED) is 0.452. The number of nitrogens with zero attached hydrogens (tertiary/aromatic N) is 5. The van der Waals surface area contributed by atoms with Gasteiger partial charge in [0.25, 0.3) is 5.92 Å². The zero-order chi connectivity index (χ0) is 18.6. The normalized spacial score (nSPS) is 17.3. The van der Waals surface area contributed by atoms with Crippen molar-refractivity contribution >= 4 is 17.6 Å². The lowest BCUT2D eigenvalue weighted by Crippen LogP contribution is -2.42. The van der Waals surface area contributed by atoms with Gasteiger partial charge in [0.05, 0.1) is 24.6 Å². The lowest BCUT2D eigenvalue weighted by atomic mass is 10.3. The van der Waals surface area contributed by atoms with Crippen molar-refractivity contribution in [3.63, 3.8) is 0 Å². The molecule has 1 saturated heterocycles. The van der Waals surface area contributed by atoms with E-state index in [9.17, 15) is 23.7 Å². The molecule has 140 valence electrons. The van der Waals surface area contributed by atoms with Crippen molar-refractivity contribution < 1.29 is 23.2 Å². The highest BCUT2D eigenvalue weighted by atomic mass is 19.3. The van der Waals surface area contributed by atoms with Gasteiger partial charge in [-0.05, 0) is 6.42 Å². The van der Waals surface area contributed by atoms with Crippen LogP contribution >= 0.6 is 0 Å². The Kier molecular flexibility index (Phi) is 5.75. The van der Waals surface area contributed by atoms with E-state index in [1.165, 1.54) is 16.6 Å². The molecule has 0 bridgehead atoms. The SMILES string of the molecule is CCCCOC(=O)N1CCN(c2c([N+](=O)[O-])cnn2C)CC(F)(F)C1. The molecular formula is C14H21F2N5O4. The highest BCUT2D eigenvalue weighted by Gasteiger charge is 2.41. The van der Waals surface area contributed by atoms with E-state index in [0.717, 1.165) is 17.5 Å². The summed E-state index contributed by atoms with van der Waals surface area (Å²) in [6, 6.07) is 0. The molecule has 2 rings (SSSR count). The van der Waals surface area contributed by atoms with Crippen LogP contribution in [0.5, 0.6) is 0 Å². The van der Waals surface area contributed by atoms with Crippen molar-refractivity contribution in [2.75, 3.05) is 37.7 Å². The smallest absolute Gasteiger partial charge is 0.410 e. The van der Waals surface area contributed by atoms with Crippen molar-refractivity contribution in [3.8, 4) is 0 Å². The van der Waals surface area contributed by atoms with Crippen LogP contribution in [0.1, 0.15) is 19.8 Å². The average molecular weight is 361 g/mol. The number of carbonyl (C=O) groups excluding carboxylic acids is 1. The second-order valence-corrected chi connectivity index (χ2v) is 5.90. The number of alkyl halides is 2. The largest absolute Gasteiger partial charge is 0.449 e. The zero-order valence-corrected chi connectivity index (χ0v) is 14.2. The Hall–Kier alpha value is -2.46. The average Bonchev–Trinajstić information content (AvgIpc) is 2.83. The molecule has 1 fully saturated rings. The number of anilines is 1. The third kappa shape index (κ3) is 4.54. The zero-order valence-electron chi connectivity index (χ0n) is 14.2. The fraction of sp³-hybridized carbons (Fsp3) is 0.714. The molecule has 0 aromatic carbocycles. The first-order chi connectivity index (χ1) is 11.7. The van der Waals surface area contributed by atoms with Crippen LogP contribution in [0.4, 0.5) is 25.1 Å². The molecule has 11 heteroatoms. The van der Waals surface area contributed by atoms with Gasteiger partial charge < -0.3 is 14.5 Å². The number of hydrogen-bond donors (Lipinski definition) is 0. The molecule has 1 aliphatic rings. The van der Waals surface area contributed by atoms with Crippen LogP contribution in [-0.4, -0.2) is 64.4 Å². The highest BCUT2D eigenvalue weighted by molar-refractivity contribution is 5.68. The Labute approximate surface area is 143 Å². The fourth-order valence-electron chi connectivity index (χ4n) is 2.65. The first-order valence-electron chi connectivity index (χ1n) is 7.96. The summed E-state index contributed by atoms with van der Waals surface area (Å²) in [4.78, 5) is 24.5. The summed E-state index contributed by atoms with van der Waals surface area (Å²) in [5.74, 6) is -3.25. The van der Waals surface area contributed by atoms with Gasteiger partial charge in [-0.25, -0.2) is 18.3 Å². The van der Waals surface area contributed by atoms with Crippen molar-refractivity contribution in [2.24, 2.45) is 7.05 Å². The summed E-state index contributed by atoms with van der Waals surface area (Å²) < 4.78 is 34.7. The molecule has 1 aromatic rings. The van der Waals surface area contributed by atoms with Crippen LogP contribution in [0, 0.1) is 10.1 Å². The van der Waals surface area contributed by atoms with Crippen LogP contribution in [0.15, 0.2) is 6.20 Å². The number of aryl methyl sites for hydroxylation is 1. The van der Waals surface area contributed by atoms with Gasteiger partial charge >= 0.3 is 11.8 Å². The van der Waals surface area contributed by atoms with Crippen LogP contribution in [0.2, 0.25) is 0 Å². The maximum absolute atomic E-state index is 14.3. The molecule has 9 nitrogen and oxygen atoms in total. The Bertz CT molecular complexity index is 637. The van der Waals surface area contributed by atoms with Gasteiger partial charge in [0, 0.05) is 20.1 Å². The summed E-state index contributed by atoms with van der Waals surface area (Å²) >= 11 is 0. The van der Waals surface area contributed by atoms with Crippen LogP contribution < -0.4 is 4.90 Å². The van der Waals surface area contributed by atoms with Crippen molar-refractivity contribution in [3.05, 3.63) is 16.3 Å². The second-order valence-electron chi connectivity index (χ2n) is 5.90. The van der Waals surface area contributed by atoms with E-state index in [1.807, 2.05) is 6.92 Å². The van der Waals surface area contributed by atoms with Crippen LogP contribution in [0.3, 0.4) is 0 Å². The Morgan fingerprint density at radius 1 is 1.44 bits per heavy atom. The Morgan fingerprint density at radius 3 is 2.80 bits per heavy atom. The summed E-state index contributed by atoms with van der Waals surface area (Å²) in [6.07, 6.45) is 1.70. The van der Waals surface area contributed by atoms with Crippen molar-refractivity contribution in [1.82, 2.24) is 14.7 Å². The van der Waals surface area contributed by atoms with E-state index >= 15 is 0 Å². The van der Waals surface area contributed by atoms with Gasteiger partial charge in [-0.3, -0.25) is 10.1 Å². The minimum absolute atomic E-state index is 0.00845. The summed E-state index contributed by atoms with van der Waals surface area (Å²) in [7, 11) is 1.45. The predicted molar refractivity (Wildman–Crippen MR) is 84.9 cm³/mol. The molecular weight excluding hydrogens is 340 g/mol. The Balaban J connectivity index is 2.17. The van der Waals surface area contributed by atoms with E-state index in [1.54, 1.807) is 0 Å². The van der Waals surface area contributed by atoms with Crippen LogP contribution in [-0.2, 0) is 11.8 Å². The van der Waals surface area contributed by atoms with Gasteiger partial charge in [-0.15, -0.1) is 0 Å². The summed E-state index contributed by atoms with van der Waals surface area (Å²) in [6.45, 7) is 0.550. The minimum Gasteiger partial charge on any atom is -0.449 e.